The maximum absolute atomic E-state index is 12.5. The number of amides is 1. The molecule has 140 valence electrons. The normalized spacial score (nSPS) is 12.0. The Morgan fingerprint density at radius 3 is 2.52 bits per heavy atom. The number of anilines is 1. The molecule has 27 heavy (non-hydrogen) atoms. The fourth-order valence-corrected chi connectivity index (χ4v) is 3.66. The third kappa shape index (κ3) is 4.57. The summed E-state index contributed by atoms with van der Waals surface area (Å²) in [6.07, 6.45) is 0. The van der Waals surface area contributed by atoms with E-state index in [2.05, 4.69) is 46.1 Å². The number of hydrogen-bond donors (Lipinski definition) is 1. The van der Waals surface area contributed by atoms with Gasteiger partial charge >= 0.3 is 0 Å². The van der Waals surface area contributed by atoms with Gasteiger partial charge in [-0.05, 0) is 45.9 Å². The van der Waals surface area contributed by atoms with Crippen LogP contribution in [0.5, 0.6) is 0 Å². The van der Waals surface area contributed by atoms with Crippen LogP contribution in [0.3, 0.4) is 0 Å². The maximum atomic E-state index is 12.5. The van der Waals surface area contributed by atoms with Crippen LogP contribution in [0.25, 0.3) is 11.4 Å². The van der Waals surface area contributed by atoms with E-state index in [0.29, 0.717) is 0 Å². The molecule has 0 aliphatic heterocycles. The molecular weight excluding hydrogens is 356 g/mol. The number of carbonyl (C=O) groups excluding carboxylic acids is 1. The number of nitrogens with zero attached hydrogens (tertiary/aromatic N) is 3. The Bertz CT molecular complexity index is 934. The van der Waals surface area contributed by atoms with Crippen molar-refractivity contribution in [1.29, 1.82) is 0 Å². The van der Waals surface area contributed by atoms with E-state index in [4.69, 9.17) is 0 Å². The summed E-state index contributed by atoms with van der Waals surface area (Å²) >= 11 is 1.42. The zero-order valence-corrected chi connectivity index (χ0v) is 16.9. The van der Waals surface area contributed by atoms with Crippen molar-refractivity contribution in [2.24, 2.45) is 0 Å². The van der Waals surface area contributed by atoms with Gasteiger partial charge in [0.25, 0.3) is 0 Å². The van der Waals surface area contributed by atoms with Gasteiger partial charge in [0, 0.05) is 17.8 Å². The first kappa shape index (κ1) is 19.2. The van der Waals surface area contributed by atoms with Gasteiger partial charge in [-0.25, -0.2) is 0 Å². The lowest BCUT2D eigenvalue weighted by molar-refractivity contribution is -0.115. The van der Waals surface area contributed by atoms with Gasteiger partial charge in [0.1, 0.15) is 0 Å². The number of carbonyl (C=O) groups is 1. The SMILES string of the molecule is CCn1c(S[C@@H](C)C(=O)Nc2ccc(C)cc2)nnc1-c1cccc(C)c1. The summed E-state index contributed by atoms with van der Waals surface area (Å²) in [7, 11) is 0. The molecule has 0 radical (unpaired) electrons. The van der Waals surface area contributed by atoms with E-state index in [-0.39, 0.29) is 11.2 Å². The molecule has 0 spiro atoms. The van der Waals surface area contributed by atoms with Crippen LogP contribution in [0.15, 0.2) is 53.7 Å². The van der Waals surface area contributed by atoms with E-state index in [1.807, 2.05) is 50.2 Å². The molecular formula is C21H24N4OS. The second-order valence-corrected chi connectivity index (χ2v) is 7.84. The van der Waals surface area contributed by atoms with Crippen molar-refractivity contribution in [2.45, 2.75) is 44.6 Å². The van der Waals surface area contributed by atoms with Gasteiger partial charge in [-0.3, -0.25) is 4.79 Å². The molecule has 3 aromatic rings. The topological polar surface area (TPSA) is 59.8 Å². The average Bonchev–Trinajstić information content (AvgIpc) is 3.06. The minimum Gasteiger partial charge on any atom is -0.325 e. The summed E-state index contributed by atoms with van der Waals surface area (Å²) in [5.41, 5.74) is 4.18. The third-order valence-electron chi connectivity index (χ3n) is 4.28. The third-order valence-corrected chi connectivity index (χ3v) is 5.36. The molecule has 0 bridgehead atoms. The van der Waals surface area contributed by atoms with Gasteiger partial charge in [0.15, 0.2) is 11.0 Å². The predicted molar refractivity (Wildman–Crippen MR) is 111 cm³/mol. The molecule has 6 heteroatoms. The van der Waals surface area contributed by atoms with Gasteiger partial charge in [-0.15, -0.1) is 10.2 Å². The van der Waals surface area contributed by atoms with Crippen LogP contribution >= 0.6 is 11.8 Å². The van der Waals surface area contributed by atoms with E-state index >= 15 is 0 Å². The molecule has 1 N–H and O–H groups in total. The second-order valence-electron chi connectivity index (χ2n) is 6.54. The van der Waals surface area contributed by atoms with Gasteiger partial charge in [-0.2, -0.15) is 0 Å². The van der Waals surface area contributed by atoms with E-state index < -0.39 is 0 Å². The highest BCUT2D eigenvalue weighted by atomic mass is 32.2. The van der Waals surface area contributed by atoms with Crippen LogP contribution in [0.4, 0.5) is 5.69 Å². The summed E-state index contributed by atoms with van der Waals surface area (Å²) in [5.74, 6) is 0.779. The molecule has 0 saturated heterocycles. The summed E-state index contributed by atoms with van der Waals surface area (Å²) in [5, 5.41) is 12.1. The lowest BCUT2D eigenvalue weighted by Gasteiger charge is -2.13. The fourth-order valence-electron chi connectivity index (χ4n) is 2.75. The zero-order valence-electron chi connectivity index (χ0n) is 16.1. The number of aryl methyl sites for hydroxylation is 2. The molecule has 0 aliphatic rings. The van der Waals surface area contributed by atoms with Crippen molar-refractivity contribution < 1.29 is 4.79 Å². The van der Waals surface area contributed by atoms with Crippen molar-refractivity contribution in [3.8, 4) is 11.4 Å². The molecule has 5 nitrogen and oxygen atoms in total. The Morgan fingerprint density at radius 1 is 1.11 bits per heavy atom. The van der Waals surface area contributed by atoms with E-state index in [1.165, 1.54) is 17.3 Å². The molecule has 1 atom stereocenters. The quantitative estimate of drug-likeness (QED) is 0.630. The Labute approximate surface area is 164 Å². The lowest BCUT2D eigenvalue weighted by Crippen LogP contribution is -2.22. The van der Waals surface area contributed by atoms with Crippen molar-refractivity contribution in [3.63, 3.8) is 0 Å². The van der Waals surface area contributed by atoms with E-state index in [0.717, 1.165) is 34.3 Å². The Morgan fingerprint density at radius 2 is 1.85 bits per heavy atom. The molecule has 0 unspecified atom stereocenters. The number of nitrogens with one attached hydrogen (secondary N) is 1. The van der Waals surface area contributed by atoms with Crippen molar-refractivity contribution in [3.05, 3.63) is 59.7 Å². The molecule has 0 aliphatic carbocycles. The van der Waals surface area contributed by atoms with Crippen LogP contribution in [0.2, 0.25) is 0 Å². The summed E-state index contributed by atoms with van der Waals surface area (Å²) in [6.45, 7) is 8.76. The van der Waals surface area contributed by atoms with Crippen LogP contribution in [-0.2, 0) is 11.3 Å². The maximum Gasteiger partial charge on any atom is 0.237 e. The smallest absolute Gasteiger partial charge is 0.237 e. The van der Waals surface area contributed by atoms with Gasteiger partial charge in [0.2, 0.25) is 5.91 Å². The summed E-state index contributed by atoms with van der Waals surface area (Å²) < 4.78 is 2.05. The average molecular weight is 381 g/mol. The molecule has 0 saturated carbocycles. The van der Waals surface area contributed by atoms with Crippen molar-refractivity contribution >= 4 is 23.4 Å². The van der Waals surface area contributed by atoms with E-state index in [9.17, 15) is 4.79 Å². The second kappa shape index (κ2) is 8.39. The number of rotatable bonds is 6. The summed E-state index contributed by atoms with van der Waals surface area (Å²) in [4.78, 5) is 12.5. The van der Waals surface area contributed by atoms with Crippen molar-refractivity contribution in [1.82, 2.24) is 14.8 Å². The van der Waals surface area contributed by atoms with Crippen LogP contribution < -0.4 is 5.32 Å². The van der Waals surface area contributed by atoms with Crippen LogP contribution in [-0.4, -0.2) is 25.9 Å². The lowest BCUT2D eigenvalue weighted by atomic mass is 10.1. The highest BCUT2D eigenvalue weighted by Gasteiger charge is 2.20. The molecule has 0 fully saturated rings. The fraction of sp³-hybridized carbons (Fsp3) is 0.286. The molecule has 2 aromatic carbocycles. The largest absolute Gasteiger partial charge is 0.325 e. The Hall–Kier alpha value is -2.60. The predicted octanol–water partition coefficient (Wildman–Crippen LogP) is 4.70. The number of hydrogen-bond acceptors (Lipinski definition) is 4. The summed E-state index contributed by atoms with van der Waals surface area (Å²) in [6, 6.07) is 16.0. The highest BCUT2D eigenvalue weighted by molar-refractivity contribution is 8.00. The first-order valence-corrected chi connectivity index (χ1v) is 9.90. The van der Waals surface area contributed by atoms with Gasteiger partial charge < -0.3 is 9.88 Å². The first-order chi connectivity index (χ1) is 13.0. The molecule has 1 amide bonds. The minimum atomic E-state index is -0.286. The van der Waals surface area contributed by atoms with E-state index in [1.54, 1.807) is 0 Å². The van der Waals surface area contributed by atoms with Crippen LogP contribution in [0, 0.1) is 13.8 Å². The van der Waals surface area contributed by atoms with Crippen molar-refractivity contribution in [2.75, 3.05) is 5.32 Å². The van der Waals surface area contributed by atoms with Gasteiger partial charge in [0.05, 0.1) is 5.25 Å². The molecule has 3 rings (SSSR count). The zero-order chi connectivity index (χ0) is 19.4. The van der Waals surface area contributed by atoms with Gasteiger partial charge in [-0.1, -0.05) is 53.2 Å². The first-order valence-electron chi connectivity index (χ1n) is 9.02. The number of benzene rings is 2. The number of aromatic nitrogens is 3. The number of thioether (sulfide) groups is 1. The standard InChI is InChI=1S/C21H24N4OS/c1-5-25-19(17-8-6-7-15(3)13-17)23-24-21(25)27-16(4)20(26)22-18-11-9-14(2)10-12-18/h6-13,16H,5H2,1-4H3,(H,22,26)/t16-/m0/s1. The minimum absolute atomic E-state index is 0.0494. The molecule has 1 heterocycles. The Balaban J connectivity index is 1.75. The monoisotopic (exact) mass is 380 g/mol. The Kier molecular flexibility index (Phi) is 5.96. The molecule has 1 aromatic heterocycles. The van der Waals surface area contributed by atoms with Crippen LogP contribution in [0.1, 0.15) is 25.0 Å². The highest BCUT2D eigenvalue weighted by Crippen LogP contribution is 2.27.